The Bertz CT molecular complexity index is 53.7. The van der Waals surface area contributed by atoms with Gasteiger partial charge >= 0.3 is 0 Å². The van der Waals surface area contributed by atoms with E-state index in [9.17, 15) is 0 Å². The van der Waals surface area contributed by atoms with Crippen LogP contribution in [0.3, 0.4) is 0 Å². The van der Waals surface area contributed by atoms with Crippen molar-refractivity contribution in [1.82, 2.24) is 0 Å². The van der Waals surface area contributed by atoms with E-state index < -0.39 is 0 Å². The molecule has 0 aliphatic heterocycles. The molecule has 0 saturated heterocycles. The van der Waals surface area contributed by atoms with E-state index in [1.54, 1.807) is 0 Å². The largest absolute Gasteiger partial charge is 0.303 e. The van der Waals surface area contributed by atoms with E-state index in [-0.39, 0.29) is 0 Å². The summed E-state index contributed by atoms with van der Waals surface area (Å²) in [7, 11) is 0. The van der Waals surface area contributed by atoms with Gasteiger partial charge in [-0.05, 0) is 12.8 Å². The molecule has 2 nitrogen and oxygen atoms in total. The van der Waals surface area contributed by atoms with E-state index in [1.807, 2.05) is 0 Å². The van der Waals surface area contributed by atoms with E-state index in [2.05, 4.69) is 13.8 Å². The van der Waals surface area contributed by atoms with Gasteiger partial charge in [-0.15, -0.1) is 0 Å². The molecule has 0 bridgehead atoms. The lowest BCUT2D eigenvalue weighted by atomic mass is 10.5. The molecule has 0 aliphatic carbocycles. The zero-order chi connectivity index (χ0) is 7.66. The molecule has 0 aromatic carbocycles. The average molecular weight is 182 g/mol. The highest BCUT2D eigenvalue weighted by Gasteiger charge is 1.88. The first-order valence-corrected chi connectivity index (χ1v) is 5.49. The molecule has 0 saturated carbocycles. The summed E-state index contributed by atoms with van der Waals surface area (Å²) >= 11 is 2.62. The monoisotopic (exact) mass is 182 g/mol. The second-order valence-electron chi connectivity index (χ2n) is 1.78. The van der Waals surface area contributed by atoms with Crippen LogP contribution in [0.1, 0.15) is 26.7 Å². The third-order valence-electron chi connectivity index (χ3n) is 0.699. The summed E-state index contributed by atoms with van der Waals surface area (Å²) < 4.78 is 10.2. The fourth-order valence-electron chi connectivity index (χ4n) is 0.274. The normalized spacial score (nSPS) is 10.2. The summed E-state index contributed by atoms with van der Waals surface area (Å²) in [5, 5.41) is 0. The van der Waals surface area contributed by atoms with Crippen LogP contribution >= 0.6 is 22.1 Å². The van der Waals surface area contributed by atoms with Gasteiger partial charge < -0.3 is 8.37 Å². The van der Waals surface area contributed by atoms with Gasteiger partial charge in [0.1, 0.15) is 0 Å². The Morgan fingerprint density at radius 3 is 1.60 bits per heavy atom. The molecule has 0 heterocycles. The van der Waals surface area contributed by atoms with E-state index >= 15 is 0 Å². The molecule has 0 atom stereocenters. The van der Waals surface area contributed by atoms with Crippen molar-refractivity contribution in [3.8, 4) is 0 Å². The third-order valence-corrected chi connectivity index (χ3v) is 2.02. The second-order valence-corrected chi connectivity index (χ2v) is 3.34. The minimum Gasteiger partial charge on any atom is -0.303 e. The van der Waals surface area contributed by atoms with Crippen molar-refractivity contribution in [2.75, 3.05) is 13.2 Å². The van der Waals surface area contributed by atoms with E-state index in [1.165, 1.54) is 22.1 Å². The van der Waals surface area contributed by atoms with Crippen LogP contribution in [0, 0.1) is 0 Å². The predicted octanol–water partition coefficient (Wildman–Crippen LogP) is 3.05. The topological polar surface area (TPSA) is 18.5 Å². The maximum absolute atomic E-state index is 5.08. The molecule has 0 rings (SSSR count). The molecular weight excluding hydrogens is 168 g/mol. The summed E-state index contributed by atoms with van der Waals surface area (Å²) in [6, 6.07) is 0. The lowest BCUT2D eigenvalue weighted by Crippen LogP contribution is -1.82. The Hall–Kier alpha value is 0.620. The molecule has 0 spiro atoms. The predicted molar refractivity (Wildman–Crippen MR) is 47.7 cm³/mol. The first-order valence-electron chi connectivity index (χ1n) is 3.49. The van der Waals surface area contributed by atoms with Crippen molar-refractivity contribution in [3.63, 3.8) is 0 Å². The molecule has 0 aromatic heterocycles. The number of rotatable bonds is 7. The molecule has 62 valence electrons. The Kier molecular flexibility index (Phi) is 10.2. The van der Waals surface area contributed by atoms with Crippen molar-refractivity contribution >= 4 is 22.1 Å². The Morgan fingerprint density at radius 2 is 1.30 bits per heavy atom. The highest BCUT2D eigenvalue weighted by atomic mass is 33.1. The molecule has 0 amide bonds. The van der Waals surface area contributed by atoms with Crippen molar-refractivity contribution in [2.24, 2.45) is 0 Å². The SMILES string of the molecule is CCCOSSOCCC. The molecule has 0 aliphatic rings. The average Bonchev–Trinajstić information content (AvgIpc) is 1.97. The first-order chi connectivity index (χ1) is 4.91. The van der Waals surface area contributed by atoms with Crippen LogP contribution in [-0.2, 0) is 8.37 Å². The fraction of sp³-hybridized carbons (Fsp3) is 1.00. The van der Waals surface area contributed by atoms with Crippen LogP contribution in [0.5, 0.6) is 0 Å². The number of hydrogen-bond donors (Lipinski definition) is 0. The molecule has 0 aromatic rings. The summed E-state index contributed by atoms with van der Waals surface area (Å²) in [6.07, 6.45) is 2.11. The minimum atomic E-state index is 0.799. The van der Waals surface area contributed by atoms with Gasteiger partial charge in [0.15, 0.2) is 0 Å². The maximum atomic E-state index is 5.08. The zero-order valence-corrected chi connectivity index (χ0v) is 8.09. The van der Waals surface area contributed by atoms with Crippen molar-refractivity contribution in [2.45, 2.75) is 26.7 Å². The van der Waals surface area contributed by atoms with Gasteiger partial charge in [-0.2, -0.15) is 0 Å². The Labute approximate surface area is 70.9 Å². The van der Waals surface area contributed by atoms with Gasteiger partial charge in [-0.1, -0.05) is 13.8 Å². The quantitative estimate of drug-likeness (QED) is 0.342. The fourth-order valence-corrected chi connectivity index (χ4v) is 1.47. The third kappa shape index (κ3) is 8.62. The van der Waals surface area contributed by atoms with Crippen LogP contribution in [-0.4, -0.2) is 13.2 Å². The molecule has 0 radical (unpaired) electrons. The molecule has 4 heteroatoms. The smallest absolute Gasteiger partial charge is 0.0925 e. The van der Waals surface area contributed by atoms with E-state index in [0.717, 1.165) is 26.1 Å². The van der Waals surface area contributed by atoms with Crippen molar-refractivity contribution < 1.29 is 8.37 Å². The lowest BCUT2D eigenvalue weighted by Gasteiger charge is -1.98. The highest BCUT2D eigenvalue weighted by molar-refractivity contribution is 8.73. The van der Waals surface area contributed by atoms with Crippen molar-refractivity contribution in [3.05, 3.63) is 0 Å². The first kappa shape index (κ1) is 10.6. The summed E-state index contributed by atoms with van der Waals surface area (Å²) in [4.78, 5) is 0. The highest BCUT2D eigenvalue weighted by Crippen LogP contribution is 2.23. The van der Waals surface area contributed by atoms with Crippen LogP contribution in [0.15, 0.2) is 0 Å². The van der Waals surface area contributed by atoms with Crippen LogP contribution in [0.2, 0.25) is 0 Å². The molecule has 0 fully saturated rings. The molecule has 10 heavy (non-hydrogen) atoms. The standard InChI is InChI=1S/C6H14O2S2/c1-3-5-7-9-10-8-6-4-2/h3-6H2,1-2H3. The van der Waals surface area contributed by atoms with Gasteiger partial charge in [-0.3, -0.25) is 0 Å². The molecule has 0 N–H and O–H groups in total. The van der Waals surface area contributed by atoms with Gasteiger partial charge in [0.25, 0.3) is 0 Å². The number of hydrogen-bond acceptors (Lipinski definition) is 4. The van der Waals surface area contributed by atoms with Crippen molar-refractivity contribution in [1.29, 1.82) is 0 Å². The Balaban J connectivity index is 2.65. The summed E-state index contributed by atoms with van der Waals surface area (Å²) in [6.45, 7) is 5.76. The zero-order valence-electron chi connectivity index (χ0n) is 6.46. The van der Waals surface area contributed by atoms with Gasteiger partial charge in [0, 0.05) is 0 Å². The van der Waals surface area contributed by atoms with Crippen LogP contribution < -0.4 is 0 Å². The van der Waals surface area contributed by atoms with Gasteiger partial charge in [0.05, 0.1) is 35.4 Å². The summed E-state index contributed by atoms with van der Waals surface area (Å²) in [5.41, 5.74) is 0. The molecule has 0 unspecified atom stereocenters. The Morgan fingerprint density at radius 1 is 0.900 bits per heavy atom. The van der Waals surface area contributed by atoms with Crippen LogP contribution in [0.25, 0.3) is 0 Å². The van der Waals surface area contributed by atoms with Gasteiger partial charge in [0.2, 0.25) is 0 Å². The minimum absolute atomic E-state index is 0.799. The summed E-state index contributed by atoms with van der Waals surface area (Å²) in [5.74, 6) is 0. The van der Waals surface area contributed by atoms with E-state index in [4.69, 9.17) is 8.37 Å². The lowest BCUT2D eigenvalue weighted by molar-refractivity contribution is 0.366. The molecular formula is C6H14O2S2. The second kappa shape index (κ2) is 9.62. The van der Waals surface area contributed by atoms with Crippen LogP contribution in [0.4, 0.5) is 0 Å². The van der Waals surface area contributed by atoms with E-state index in [0.29, 0.717) is 0 Å². The maximum Gasteiger partial charge on any atom is 0.0925 e. The van der Waals surface area contributed by atoms with Gasteiger partial charge in [-0.25, -0.2) is 0 Å².